The van der Waals surface area contributed by atoms with Gasteiger partial charge in [0.05, 0.1) is 22.1 Å². The summed E-state index contributed by atoms with van der Waals surface area (Å²) in [6.45, 7) is 0. The van der Waals surface area contributed by atoms with E-state index in [0.29, 0.717) is 0 Å². The third-order valence-corrected chi connectivity index (χ3v) is 17.4. The Morgan fingerprint density at radius 2 is 0.535 bits per heavy atom. The Hall–Kier alpha value is -11.5. The first-order chi connectivity index (χ1) is 42.6. The van der Waals surface area contributed by atoms with E-state index in [4.69, 9.17) is 8.83 Å². The largest absolute Gasteiger partial charge is 0.456 e. The predicted molar refractivity (Wildman–Crippen MR) is 362 cm³/mol. The molecule has 0 saturated carbocycles. The maximum Gasteiger partial charge on any atom is 0.137 e. The SMILES string of the molecule is c1ccc(-c2ccc(-c3c4ccc(N(c5ccc6ccccc6c5)c5cccc6oc7ccccc7c56)cc4c(-c4ccc(-c5ccccc5)cc4)c4ccc(N(c5ccc6ccccc6c5)c5cccc6oc7ccccc7c56)cc34)cc2)cc1. The second-order valence-electron chi connectivity index (χ2n) is 22.3. The minimum Gasteiger partial charge on any atom is -0.456 e. The zero-order chi connectivity index (χ0) is 56.7. The number of rotatable bonds is 10. The van der Waals surface area contributed by atoms with Gasteiger partial charge >= 0.3 is 0 Å². The molecule has 4 nitrogen and oxygen atoms in total. The van der Waals surface area contributed by atoms with Crippen LogP contribution in [0.5, 0.6) is 0 Å². The fourth-order valence-corrected chi connectivity index (χ4v) is 13.4. The Morgan fingerprint density at radius 3 is 0.977 bits per heavy atom. The molecule has 2 aromatic heterocycles. The number of anilines is 6. The van der Waals surface area contributed by atoms with Gasteiger partial charge in [0.15, 0.2) is 0 Å². The third-order valence-electron chi connectivity index (χ3n) is 17.4. The Morgan fingerprint density at radius 1 is 0.198 bits per heavy atom. The van der Waals surface area contributed by atoms with Gasteiger partial charge in [0.2, 0.25) is 0 Å². The summed E-state index contributed by atoms with van der Waals surface area (Å²) in [6, 6.07) is 115. The summed E-state index contributed by atoms with van der Waals surface area (Å²) in [4.78, 5) is 4.86. The van der Waals surface area contributed by atoms with Crippen molar-refractivity contribution in [3.63, 3.8) is 0 Å². The molecule has 15 aromatic carbocycles. The summed E-state index contributed by atoms with van der Waals surface area (Å²) in [5.74, 6) is 0. The highest BCUT2D eigenvalue weighted by atomic mass is 16.3. The molecule has 86 heavy (non-hydrogen) atoms. The summed E-state index contributed by atoms with van der Waals surface area (Å²) in [7, 11) is 0. The van der Waals surface area contributed by atoms with Crippen LogP contribution in [0, 0.1) is 0 Å². The predicted octanol–water partition coefficient (Wildman–Crippen LogP) is 23.7. The number of nitrogens with zero attached hydrogens (tertiary/aromatic N) is 2. The zero-order valence-electron chi connectivity index (χ0n) is 46.7. The van der Waals surface area contributed by atoms with Crippen molar-refractivity contribution in [3.05, 3.63) is 315 Å². The van der Waals surface area contributed by atoms with Crippen LogP contribution in [0.1, 0.15) is 0 Å². The van der Waals surface area contributed by atoms with Crippen LogP contribution in [0.3, 0.4) is 0 Å². The highest BCUT2D eigenvalue weighted by Crippen LogP contribution is 2.51. The fourth-order valence-electron chi connectivity index (χ4n) is 13.4. The molecule has 0 fully saturated rings. The first-order valence-corrected chi connectivity index (χ1v) is 29.4. The van der Waals surface area contributed by atoms with E-state index < -0.39 is 0 Å². The Bertz CT molecular complexity index is 5130. The average Bonchev–Trinajstić information content (AvgIpc) is 0.989. The lowest BCUT2D eigenvalue weighted by Crippen LogP contribution is -2.11. The first kappa shape index (κ1) is 49.2. The highest BCUT2D eigenvalue weighted by molar-refractivity contribution is 6.24. The second kappa shape index (κ2) is 20.2. The van der Waals surface area contributed by atoms with E-state index in [1.807, 2.05) is 12.1 Å². The van der Waals surface area contributed by atoms with Gasteiger partial charge in [0.25, 0.3) is 0 Å². The zero-order valence-corrected chi connectivity index (χ0v) is 46.7. The minimum atomic E-state index is 0.840. The highest BCUT2D eigenvalue weighted by Gasteiger charge is 2.26. The normalized spacial score (nSPS) is 11.7. The third kappa shape index (κ3) is 8.22. The maximum absolute atomic E-state index is 6.63. The lowest BCUT2D eigenvalue weighted by Gasteiger charge is -2.29. The van der Waals surface area contributed by atoms with Gasteiger partial charge < -0.3 is 18.6 Å². The van der Waals surface area contributed by atoms with Crippen LogP contribution in [-0.2, 0) is 0 Å². The van der Waals surface area contributed by atoms with E-state index >= 15 is 0 Å². The summed E-state index contributed by atoms with van der Waals surface area (Å²) in [5, 5.41) is 13.5. The van der Waals surface area contributed by atoms with E-state index in [2.05, 4.69) is 313 Å². The van der Waals surface area contributed by atoms with Gasteiger partial charge in [-0.05, 0) is 173 Å². The lowest BCUT2D eigenvalue weighted by molar-refractivity contribution is 0.668. The van der Waals surface area contributed by atoms with Gasteiger partial charge in [0.1, 0.15) is 22.3 Å². The van der Waals surface area contributed by atoms with E-state index in [9.17, 15) is 0 Å². The van der Waals surface area contributed by atoms with Crippen molar-refractivity contribution in [2.24, 2.45) is 0 Å². The van der Waals surface area contributed by atoms with Crippen LogP contribution in [0.25, 0.3) is 131 Å². The maximum atomic E-state index is 6.63. The molecule has 0 radical (unpaired) electrons. The quantitative estimate of drug-likeness (QED) is 0.128. The molecule has 0 atom stereocenters. The molecule has 0 N–H and O–H groups in total. The molecule has 0 amide bonds. The molecule has 0 bridgehead atoms. The number of furan rings is 2. The number of hydrogen-bond acceptors (Lipinski definition) is 4. The van der Waals surface area contributed by atoms with Crippen LogP contribution in [0.4, 0.5) is 34.1 Å². The van der Waals surface area contributed by atoms with E-state index in [-0.39, 0.29) is 0 Å². The van der Waals surface area contributed by atoms with Crippen molar-refractivity contribution >= 4 is 121 Å². The monoisotopic (exact) mass is 1100 g/mol. The van der Waals surface area contributed by atoms with Gasteiger partial charge in [0, 0.05) is 33.5 Å². The Kier molecular flexibility index (Phi) is 11.5. The van der Waals surface area contributed by atoms with Crippen molar-refractivity contribution < 1.29 is 8.83 Å². The van der Waals surface area contributed by atoms with E-state index in [0.717, 1.165) is 144 Å². The van der Waals surface area contributed by atoms with Gasteiger partial charge in [-0.3, -0.25) is 0 Å². The average molecular weight is 1100 g/mol. The lowest BCUT2D eigenvalue weighted by atomic mass is 9.84. The van der Waals surface area contributed by atoms with Crippen molar-refractivity contribution in [1.82, 2.24) is 0 Å². The first-order valence-electron chi connectivity index (χ1n) is 29.4. The van der Waals surface area contributed by atoms with Crippen LogP contribution >= 0.6 is 0 Å². The molecule has 402 valence electrons. The molecular formula is C82H52N2O2. The molecule has 2 heterocycles. The number of hydrogen-bond donors (Lipinski definition) is 0. The van der Waals surface area contributed by atoms with Crippen LogP contribution in [0.15, 0.2) is 324 Å². The van der Waals surface area contributed by atoms with Gasteiger partial charge in [-0.1, -0.05) is 231 Å². The van der Waals surface area contributed by atoms with Gasteiger partial charge in [-0.25, -0.2) is 0 Å². The summed E-state index contributed by atoms with van der Waals surface area (Å²) >= 11 is 0. The molecule has 0 aliphatic carbocycles. The molecule has 0 spiro atoms. The Balaban J connectivity index is 0.975. The molecule has 17 aromatic rings. The molecule has 17 rings (SSSR count). The second-order valence-corrected chi connectivity index (χ2v) is 22.3. The molecular weight excluding hydrogens is 1040 g/mol. The topological polar surface area (TPSA) is 32.8 Å². The molecule has 0 aliphatic rings. The fraction of sp³-hybridized carbons (Fsp3) is 0. The van der Waals surface area contributed by atoms with Crippen molar-refractivity contribution in [3.8, 4) is 44.5 Å². The van der Waals surface area contributed by atoms with E-state index in [1.54, 1.807) is 0 Å². The summed E-state index contributed by atoms with van der Waals surface area (Å²) in [6.07, 6.45) is 0. The van der Waals surface area contributed by atoms with Crippen LogP contribution < -0.4 is 9.80 Å². The van der Waals surface area contributed by atoms with Crippen molar-refractivity contribution in [1.29, 1.82) is 0 Å². The van der Waals surface area contributed by atoms with Crippen molar-refractivity contribution in [2.75, 3.05) is 9.80 Å². The van der Waals surface area contributed by atoms with E-state index in [1.165, 1.54) is 21.9 Å². The molecule has 0 aliphatic heterocycles. The van der Waals surface area contributed by atoms with Crippen LogP contribution in [0.2, 0.25) is 0 Å². The van der Waals surface area contributed by atoms with Gasteiger partial charge in [-0.15, -0.1) is 0 Å². The summed E-state index contributed by atoms with van der Waals surface area (Å²) in [5.41, 5.74) is 18.8. The van der Waals surface area contributed by atoms with Crippen LogP contribution in [-0.4, -0.2) is 0 Å². The molecule has 0 saturated heterocycles. The van der Waals surface area contributed by atoms with Gasteiger partial charge in [-0.2, -0.15) is 0 Å². The minimum absolute atomic E-state index is 0.840. The number of fused-ring (bicyclic) bond motifs is 10. The number of para-hydroxylation sites is 2. The summed E-state index contributed by atoms with van der Waals surface area (Å²) < 4.78 is 13.3. The van der Waals surface area contributed by atoms with Crippen molar-refractivity contribution in [2.45, 2.75) is 0 Å². The Labute approximate surface area is 496 Å². The standard InChI is InChI=1S/C82H52N2O2/c1-3-17-53(18-4-1)57-33-37-59(38-34-57)79-67-47-45-66(84(64-44-42-56-22-8-10-24-62(56)50-64)74-28-16-32-78-82(74)70-26-12-14-30-76(70)86-78)52-72(67)80(60-39-35-58(36-40-60)54-19-5-2-6-20-54)68-48-46-65(51-71(68)79)83(63-43-41-55-21-7-9-23-61(55)49-63)73-27-15-31-77-81(73)69-25-11-13-29-75(69)85-77/h1-52H. The molecule has 0 unspecified atom stereocenters. The smallest absolute Gasteiger partial charge is 0.137 e. The molecule has 4 heteroatoms. The number of benzene rings is 15.